The van der Waals surface area contributed by atoms with E-state index in [1.165, 1.54) is 6.07 Å². The van der Waals surface area contributed by atoms with E-state index < -0.39 is 0 Å². The standard InChI is InChI=1S/C9H11NO2.ClH/c11-8-1-2-9(12)7-5-10-4-3-6(7)8;/h1-2,10-12H,3-5H2;1H. The topological polar surface area (TPSA) is 52.5 Å². The summed E-state index contributed by atoms with van der Waals surface area (Å²) < 4.78 is 0. The molecular formula is C9H12ClNO2. The number of nitrogens with one attached hydrogen (secondary N) is 1. The molecule has 4 heteroatoms. The van der Waals surface area contributed by atoms with Crippen LogP contribution in [-0.2, 0) is 13.0 Å². The zero-order valence-corrected chi connectivity index (χ0v) is 7.90. The number of rotatable bonds is 0. The quantitative estimate of drug-likeness (QED) is 0.553. The van der Waals surface area contributed by atoms with Crippen molar-refractivity contribution in [2.75, 3.05) is 6.54 Å². The molecule has 0 aromatic heterocycles. The van der Waals surface area contributed by atoms with Gasteiger partial charge < -0.3 is 15.5 Å². The van der Waals surface area contributed by atoms with E-state index in [1.54, 1.807) is 6.07 Å². The van der Waals surface area contributed by atoms with Crippen LogP contribution in [0.15, 0.2) is 12.1 Å². The molecule has 0 saturated carbocycles. The Kier molecular flexibility index (Phi) is 3.01. The molecule has 0 bridgehead atoms. The Hall–Kier alpha value is -0.930. The predicted molar refractivity (Wildman–Crippen MR) is 52.4 cm³/mol. The van der Waals surface area contributed by atoms with Gasteiger partial charge in [0.2, 0.25) is 0 Å². The average molecular weight is 202 g/mol. The summed E-state index contributed by atoms with van der Waals surface area (Å²) in [4.78, 5) is 0. The van der Waals surface area contributed by atoms with E-state index in [0.717, 1.165) is 24.1 Å². The van der Waals surface area contributed by atoms with Gasteiger partial charge in [-0.3, -0.25) is 0 Å². The van der Waals surface area contributed by atoms with Gasteiger partial charge >= 0.3 is 0 Å². The summed E-state index contributed by atoms with van der Waals surface area (Å²) in [6.07, 6.45) is 0.787. The monoisotopic (exact) mass is 201 g/mol. The lowest BCUT2D eigenvalue weighted by atomic mass is 9.99. The molecule has 0 radical (unpaired) electrons. The van der Waals surface area contributed by atoms with E-state index in [0.29, 0.717) is 12.3 Å². The van der Waals surface area contributed by atoms with Gasteiger partial charge in [-0.2, -0.15) is 0 Å². The Balaban J connectivity index is 0.000000845. The molecule has 0 spiro atoms. The zero-order valence-electron chi connectivity index (χ0n) is 7.08. The molecule has 1 aromatic rings. The van der Waals surface area contributed by atoms with Crippen LogP contribution in [0, 0.1) is 0 Å². The lowest BCUT2D eigenvalue weighted by Gasteiger charge is -2.18. The van der Waals surface area contributed by atoms with Crippen molar-refractivity contribution in [3.05, 3.63) is 23.3 Å². The first-order valence-corrected chi connectivity index (χ1v) is 4.02. The van der Waals surface area contributed by atoms with E-state index in [1.807, 2.05) is 0 Å². The summed E-state index contributed by atoms with van der Waals surface area (Å²) in [7, 11) is 0. The molecule has 1 aromatic carbocycles. The van der Waals surface area contributed by atoms with Crippen molar-refractivity contribution < 1.29 is 10.2 Å². The van der Waals surface area contributed by atoms with Crippen LogP contribution in [0.1, 0.15) is 11.1 Å². The second-order valence-electron chi connectivity index (χ2n) is 2.99. The van der Waals surface area contributed by atoms with Gasteiger partial charge in [-0.25, -0.2) is 0 Å². The molecule has 0 aliphatic carbocycles. The second-order valence-corrected chi connectivity index (χ2v) is 2.99. The smallest absolute Gasteiger partial charge is 0.120 e. The van der Waals surface area contributed by atoms with Gasteiger partial charge in [0.05, 0.1) is 0 Å². The minimum atomic E-state index is 0. The number of phenolic OH excluding ortho intramolecular Hbond substituents is 2. The maximum atomic E-state index is 9.44. The average Bonchev–Trinajstić information content (AvgIpc) is 2.12. The third-order valence-corrected chi connectivity index (χ3v) is 2.24. The van der Waals surface area contributed by atoms with Gasteiger partial charge in [0.1, 0.15) is 11.5 Å². The third-order valence-electron chi connectivity index (χ3n) is 2.24. The molecule has 2 rings (SSSR count). The fraction of sp³-hybridized carbons (Fsp3) is 0.333. The number of benzene rings is 1. The van der Waals surface area contributed by atoms with Crippen molar-refractivity contribution >= 4 is 12.4 Å². The van der Waals surface area contributed by atoms with E-state index >= 15 is 0 Å². The van der Waals surface area contributed by atoms with Gasteiger partial charge in [-0.15, -0.1) is 12.4 Å². The summed E-state index contributed by atoms with van der Waals surface area (Å²) in [6.45, 7) is 1.51. The number of phenols is 2. The summed E-state index contributed by atoms with van der Waals surface area (Å²) in [5.74, 6) is 0.569. The van der Waals surface area contributed by atoms with Gasteiger partial charge in [0.25, 0.3) is 0 Å². The Labute approximate surface area is 82.8 Å². The van der Waals surface area contributed by atoms with Crippen LogP contribution >= 0.6 is 12.4 Å². The van der Waals surface area contributed by atoms with E-state index in [2.05, 4.69) is 5.32 Å². The van der Waals surface area contributed by atoms with Crippen LogP contribution < -0.4 is 5.32 Å². The number of aromatic hydroxyl groups is 2. The Bertz CT molecular complexity index is 284. The van der Waals surface area contributed by atoms with E-state index in [9.17, 15) is 10.2 Å². The van der Waals surface area contributed by atoms with Crippen molar-refractivity contribution in [3.63, 3.8) is 0 Å². The Morgan fingerprint density at radius 1 is 1.08 bits per heavy atom. The van der Waals surface area contributed by atoms with Gasteiger partial charge in [-0.1, -0.05) is 0 Å². The molecule has 13 heavy (non-hydrogen) atoms. The van der Waals surface area contributed by atoms with E-state index in [4.69, 9.17) is 0 Å². The summed E-state index contributed by atoms with van der Waals surface area (Å²) in [5.41, 5.74) is 1.72. The molecule has 0 atom stereocenters. The molecule has 0 amide bonds. The summed E-state index contributed by atoms with van der Waals surface area (Å²) in [6, 6.07) is 3.07. The van der Waals surface area contributed by atoms with Crippen LogP contribution in [-0.4, -0.2) is 16.8 Å². The molecule has 1 aliphatic heterocycles. The highest BCUT2D eigenvalue weighted by atomic mass is 35.5. The van der Waals surface area contributed by atoms with Gasteiger partial charge in [0, 0.05) is 17.7 Å². The third kappa shape index (κ3) is 1.71. The minimum absolute atomic E-state index is 0. The van der Waals surface area contributed by atoms with Crippen LogP contribution in [0.4, 0.5) is 0 Å². The molecule has 0 fully saturated rings. The molecular weight excluding hydrogens is 190 g/mol. The number of halogens is 1. The molecule has 3 N–H and O–H groups in total. The number of hydrogen-bond donors (Lipinski definition) is 3. The molecule has 0 unspecified atom stereocenters. The van der Waals surface area contributed by atoms with Gasteiger partial charge in [0.15, 0.2) is 0 Å². The lowest BCUT2D eigenvalue weighted by molar-refractivity contribution is 0.437. The molecule has 1 heterocycles. The van der Waals surface area contributed by atoms with E-state index in [-0.39, 0.29) is 18.2 Å². The predicted octanol–water partition coefficient (Wildman–Crippen LogP) is 1.17. The molecule has 72 valence electrons. The van der Waals surface area contributed by atoms with Crippen LogP contribution in [0.3, 0.4) is 0 Å². The normalized spacial score (nSPS) is 14.5. The van der Waals surface area contributed by atoms with Crippen LogP contribution in [0.25, 0.3) is 0 Å². The van der Waals surface area contributed by atoms with Crippen molar-refractivity contribution in [1.29, 1.82) is 0 Å². The van der Waals surface area contributed by atoms with Crippen molar-refractivity contribution in [3.8, 4) is 11.5 Å². The SMILES string of the molecule is Cl.Oc1ccc(O)c2c1CCNC2. The maximum Gasteiger partial charge on any atom is 0.120 e. The Morgan fingerprint density at radius 2 is 1.69 bits per heavy atom. The zero-order chi connectivity index (χ0) is 8.55. The van der Waals surface area contributed by atoms with Crippen molar-refractivity contribution in [1.82, 2.24) is 5.32 Å². The fourth-order valence-corrected chi connectivity index (χ4v) is 1.57. The summed E-state index contributed by atoms with van der Waals surface area (Å²) >= 11 is 0. The van der Waals surface area contributed by atoms with Gasteiger partial charge in [-0.05, 0) is 25.1 Å². The first-order chi connectivity index (χ1) is 5.79. The first kappa shape index (κ1) is 10.2. The highest BCUT2D eigenvalue weighted by molar-refractivity contribution is 5.85. The lowest BCUT2D eigenvalue weighted by Crippen LogP contribution is -2.23. The molecule has 1 aliphatic rings. The Morgan fingerprint density at radius 3 is 2.31 bits per heavy atom. The number of hydrogen-bond acceptors (Lipinski definition) is 3. The largest absolute Gasteiger partial charge is 0.508 e. The molecule has 3 nitrogen and oxygen atoms in total. The van der Waals surface area contributed by atoms with Crippen molar-refractivity contribution in [2.24, 2.45) is 0 Å². The number of fused-ring (bicyclic) bond motifs is 1. The second kappa shape index (κ2) is 3.85. The maximum absolute atomic E-state index is 9.44. The fourth-order valence-electron chi connectivity index (χ4n) is 1.57. The summed E-state index contributed by atoms with van der Waals surface area (Å²) in [5, 5.41) is 22.0. The molecule has 0 saturated heterocycles. The van der Waals surface area contributed by atoms with Crippen LogP contribution in [0.2, 0.25) is 0 Å². The minimum Gasteiger partial charge on any atom is -0.508 e. The highest BCUT2D eigenvalue weighted by Crippen LogP contribution is 2.30. The van der Waals surface area contributed by atoms with Crippen LogP contribution in [0.5, 0.6) is 11.5 Å². The van der Waals surface area contributed by atoms with Crippen molar-refractivity contribution in [2.45, 2.75) is 13.0 Å². The first-order valence-electron chi connectivity index (χ1n) is 4.02. The highest BCUT2D eigenvalue weighted by Gasteiger charge is 2.15.